The van der Waals surface area contributed by atoms with Crippen molar-refractivity contribution in [1.29, 1.82) is 0 Å². The molecule has 1 amide bonds. The van der Waals surface area contributed by atoms with E-state index in [4.69, 9.17) is 10.8 Å². The Kier molecular flexibility index (Phi) is 2.60. The van der Waals surface area contributed by atoms with Crippen LogP contribution in [0.3, 0.4) is 0 Å². The van der Waals surface area contributed by atoms with Gasteiger partial charge in [0.2, 0.25) is 5.91 Å². The Bertz CT molecular complexity index is 390. The Hall–Kier alpha value is -1.55. The van der Waals surface area contributed by atoms with Crippen molar-refractivity contribution in [3.63, 3.8) is 0 Å². The van der Waals surface area contributed by atoms with Gasteiger partial charge in [0.05, 0.1) is 6.61 Å². The zero-order valence-corrected chi connectivity index (χ0v) is 8.44. The van der Waals surface area contributed by atoms with E-state index in [1.165, 1.54) is 0 Å². The van der Waals surface area contributed by atoms with Crippen molar-refractivity contribution in [2.45, 2.75) is 12.8 Å². The Morgan fingerprint density at radius 2 is 2.20 bits per heavy atom. The molecular weight excluding hydrogens is 192 g/mol. The van der Waals surface area contributed by atoms with Gasteiger partial charge < -0.3 is 15.7 Å². The normalized spacial score (nSPS) is 15.3. The first-order valence-corrected chi connectivity index (χ1v) is 5.02. The van der Waals surface area contributed by atoms with Crippen molar-refractivity contribution in [3.05, 3.63) is 23.8 Å². The van der Waals surface area contributed by atoms with Crippen LogP contribution in [0, 0.1) is 0 Å². The molecule has 0 atom stereocenters. The number of hydrogen-bond acceptors (Lipinski definition) is 3. The van der Waals surface area contributed by atoms with Gasteiger partial charge in [-0.25, -0.2) is 0 Å². The van der Waals surface area contributed by atoms with Crippen LogP contribution in [0.25, 0.3) is 0 Å². The van der Waals surface area contributed by atoms with Gasteiger partial charge in [-0.3, -0.25) is 4.79 Å². The number of rotatable bonds is 2. The molecule has 0 unspecified atom stereocenters. The van der Waals surface area contributed by atoms with Crippen LogP contribution >= 0.6 is 0 Å². The standard InChI is InChI=1S/C11H14N2O2/c12-9-3-1-8-2-4-11(15)13(5-6-14)10(8)7-9/h1,3,7,14H,2,4-6,12H2. The second kappa shape index (κ2) is 3.90. The topological polar surface area (TPSA) is 66.6 Å². The van der Waals surface area contributed by atoms with Gasteiger partial charge in [0.1, 0.15) is 0 Å². The quantitative estimate of drug-likeness (QED) is 0.694. The van der Waals surface area contributed by atoms with Crippen LogP contribution in [-0.2, 0) is 11.2 Å². The second-order valence-corrected chi connectivity index (χ2v) is 3.66. The molecule has 0 aromatic heterocycles. The summed E-state index contributed by atoms with van der Waals surface area (Å²) in [6.07, 6.45) is 1.27. The average molecular weight is 206 g/mol. The monoisotopic (exact) mass is 206 g/mol. The van der Waals surface area contributed by atoms with E-state index < -0.39 is 0 Å². The highest BCUT2D eigenvalue weighted by Crippen LogP contribution is 2.29. The number of β-amino-alcohol motifs (C(OH)–C–C–N with tert-alkyl or cyclic N) is 1. The maximum atomic E-state index is 11.6. The summed E-state index contributed by atoms with van der Waals surface area (Å²) in [6, 6.07) is 5.58. The summed E-state index contributed by atoms with van der Waals surface area (Å²) in [5.41, 5.74) is 8.30. The third kappa shape index (κ3) is 1.80. The predicted octanol–water partition coefficient (Wildman–Crippen LogP) is 0.540. The lowest BCUT2D eigenvalue weighted by Gasteiger charge is -2.29. The highest BCUT2D eigenvalue weighted by atomic mass is 16.3. The summed E-state index contributed by atoms with van der Waals surface area (Å²) in [5.74, 6) is 0.0575. The Labute approximate surface area is 88.3 Å². The lowest BCUT2D eigenvalue weighted by molar-refractivity contribution is -0.119. The highest BCUT2D eigenvalue weighted by molar-refractivity contribution is 5.96. The van der Waals surface area contributed by atoms with Crippen LogP contribution in [-0.4, -0.2) is 24.2 Å². The van der Waals surface area contributed by atoms with Crippen molar-refractivity contribution >= 4 is 17.3 Å². The molecule has 4 heteroatoms. The number of amides is 1. The highest BCUT2D eigenvalue weighted by Gasteiger charge is 2.23. The fraction of sp³-hybridized carbons (Fsp3) is 0.364. The molecule has 15 heavy (non-hydrogen) atoms. The van der Waals surface area contributed by atoms with E-state index in [0.717, 1.165) is 17.7 Å². The number of nitrogens with two attached hydrogens (primary N) is 1. The molecule has 0 radical (unpaired) electrons. The Morgan fingerprint density at radius 3 is 2.93 bits per heavy atom. The number of carbonyl (C=O) groups excluding carboxylic acids is 1. The number of benzene rings is 1. The summed E-state index contributed by atoms with van der Waals surface area (Å²) >= 11 is 0. The second-order valence-electron chi connectivity index (χ2n) is 3.66. The predicted molar refractivity (Wildman–Crippen MR) is 58.6 cm³/mol. The first kappa shape index (κ1) is 9.98. The van der Waals surface area contributed by atoms with Crippen molar-refractivity contribution < 1.29 is 9.90 Å². The first-order chi connectivity index (χ1) is 7.22. The largest absolute Gasteiger partial charge is 0.399 e. The van der Waals surface area contributed by atoms with Crippen LogP contribution in [0.15, 0.2) is 18.2 Å². The van der Waals surface area contributed by atoms with Crippen molar-refractivity contribution in [3.8, 4) is 0 Å². The smallest absolute Gasteiger partial charge is 0.227 e. The zero-order chi connectivity index (χ0) is 10.8. The molecule has 0 fully saturated rings. The molecule has 4 nitrogen and oxygen atoms in total. The average Bonchev–Trinajstić information content (AvgIpc) is 2.23. The minimum Gasteiger partial charge on any atom is -0.399 e. The molecule has 0 spiro atoms. The van der Waals surface area contributed by atoms with E-state index in [9.17, 15) is 4.79 Å². The molecule has 1 heterocycles. The Morgan fingerprint density at radius 1 is 1.40 bits per heavy atom. The van der Waals surface area contributed by atoms with Crippen molar-refractivity contribution in [2.75, 3.05) is 23.8 Å². The first-order valence-electron chi connectivity index (χ1n) is 5.02. The molecule has 0 saturated carbocycles. The van der Waals surface area contributed by atoms with E-state index in [2.05, 4.69) is 0 Å². The third-order valence-electron chi connectivity index (χ3n) is 2.63. The van der Waals surface area contributed by atoms with E-state index in [1.54, 1.807) is 11.0 Å². The van der Waals surface area contributed by atoms with Gasteiger partial charge in [0.25, 0.3) is 0 Å². The summed E-state index contributed by atoms with van der Waals surface area (Å²) in [7, 11) is 0. The lowest BCUT2D eigenvalue weighted by Crippen LogP contribution is -2.37. The number of anilines is 2. The summed E-state index contributed by atoms with van der Waals surface area (Å²) in [6.45, 7) is 0.315. The number of carbonyl (C=O) groups is 1. The van der Waals surface area contributed by atoms with E-state index >= 15 is 0 Å². The van der Waals surface area contributed by atoms with E-state index in [1.807, 2.05) is 12.1 Å². The minimum absolute atomic E-state index is 0.0278. The molecule has 2 rings (SSSR count). The van der Waals surface area contributed by atoms with Gasteiger partial charge in [-0.2, -0.15) is 0 Å². The van der Waals surface area contributed by atoms with Crippen LogP contribution in [0.5, 0.6) is 0 Å². The van der Waals surface area contributed by atoms with Gasteiger partial charge in [0, 0.05) is 24.3 Å². The molecular formula is C11H14N2O2. The Balaban J connectivity index is 2.41. The van der Waals surface area contributed by atoms with Crippen LogP contribution < -0.4 is 10.6 Å². The van der Waals surface area contributed by atoms with Crippen LogP contribution in [0.1, 0.15) is 12.0 Å². The molecule has 1 aromatic rings. The molecule has 1 aromatic carbocycles. The number of aliphatic hydroxyl groups is 1. The van der Waals surface area contributed by atoms with Gasteiger partial charge in [0.15, 0.2) is 0 Å². The number of nitrogen functional groups attached to an aromatic ring is 1. The molecule has 80 valence electrons. The third-order valence-corrected chi connectivity index (χ3v) is 2.63. The number of nitrogens with zero attached hydrogens (tertiary/aromatic N) is 1. The molecule has 1 aliphatic heterocycles. The number of aliphatic hydroxyl groups excluding tert-OH is 1. The maximum Gasteiger partial charge on any atom is 0.227 e. The lowest BCUT2D eigenvalue weighted by atomic mass is 10.0. The fourth-order valence-electron chi connectivity index (χ4n) is 1.90. The molecule has 1 aliphatic rings. The van der Waals surface area contributed by atoms with Crippen molar-refractivity contribution in [2.24, 2.45) is 0 Å². The van der Waals surface area contributed by atoms with Gasteiger partial charge in [-0.1, -0.05) is 6.07 Å². The summed E-state index contributed by atoms with van der Waals surface area (Å²) in [4.78, 5) is 13.2. The summed E-state index contributed by atoms with van der Waals surface area (Å²) < 4.78 is 0. The molecule has 0 bridgehead atoms. The number of fused-ring (bicyclic) bond motifs is 1. The molecule has 0 aliphatic carbocycles. The molecule has 3 N–H and O–H groups in total. The van der Waals surface area contributed by atoms with Gasteiger partial charge in [-0.05, 0) is 24.1 Å². The summed E-state index contributed by atoms with van der Waals surface area (Å²) in [5, 5.41) is 8.91. The zero-order valence-electron chi connectivity index (χ0n) is 8.44. The van der Waals surface area contributed by atoms with Gasteiger partial charge in [-0.15, -0.1) is 0 Å². The maximum absolute atomic E-state index is 11.6. The van der Waals surface area contributed by atoms with Crippen molar-refractivity contribution in [1.82, 2.24) is 0 Å². The molecule has 0 saturated heterocycles. The SMILES string of the molecule is Nc1ccc2c(c1)N(CCO)C(=O)CC2. The van der Waals surface area contributed by atoms with Gasteiger partial charge >= 0.3 is 0 Å². The minimum atomic E-state index is -0.0278. The van der Waals surface area contributed by atoms with E-state index in [-0.39, 0.29) is 12.5 Å². The number of hydrogen-bond donors (Lipinski definition) is 2. The van der Waals surface area contributed by atoms with Crippen LogP contribution in [0.4, 0.5) is 11.4 Å². The van der Waals surface area contributed by atoms with E-state index in [0.29, 0.717) is 18.7 Å². The fourth-order valence-corrected chi connectivity index (χ4v) is 1.90. The number of aryl methyl sites for hydroxylation is 1. The van der Waals surface area contributed by atoms with Crippen LogP contribution in [0.2, 0.25) is 0 Å².